The van der Waals surface area contributed by atoms with Gasteiger partial charge in [0.1, 0.15) is 4.83 Å². The van der Waals surface area contributed by atoms with E-state index >= 15 is 0 Å². The molecule has 0 aliphatic heterocycles. The molecule has 0 spiro atoms. The van der Waals surface area contributed by atoms with Crippen LogP contribution in [0, 0.1) is 0 Å². The highest BCUT2D eigenvalue weighted by molar-refractivity contribution is 7.99. The third-order valence-electron chi connectivity index (χ3n) is 5.20. The summed E-state index contributed by atoms with van der Waals surface area (Å²) in [5, 5.41) is 7.91. The second-order valence-corrected chi connectivity index (χ2v) is 10.2. The predicted octanol–water partition coefficient (Wildman–Crippen LogP) is 4.62. The molecule has 0 aliphatic rings. The fraction of sp³-hybridized carbons (Fsp3) is 0.250. The van der Waals surface area contributed by atoms with Crippen molar-refractivity contribution in [1.82, 2.24) is 14.9 Å². The van der Waals surface area contributed by atoms with Crippen molar-refractivity contribution in [2.24, 2.45) is 0 Å². The van der Waals surface area contributed by atoms with Gasteiger partial charge in [0.05, 0.1) is 17.2 Å². The molecule has 3 heterocycles. The van der Waals surface area contributed by atoms with Gasteiger partial charge in [-0.3, -0.25) is 19.0 Å². The molecular weight excluding hydrogens is 474 g/mol. The molecule has 9 heteroatoms. The van der Waals surface area contributed by atoms with Crippen LogP contribution in [0.3, 0.4) is 0 Å². The highest BCUT2D eigenvalue weighted by Gasteiger charge is 2.20. The predicted molar refractivity (Wildman–Crippen MR) is 136 cm³/mol. The number of rotatable bonds is 9. The number of hydrogen-bond acceptors (Lipinski definition) is 7. The molecule has 4 rings (SSSR count). The maximum Gasteiger partial charge on any atom is 0.263 e. The van der Waals surface area contributed by atoms with Crippen LogP contribution in [0.4, 0.5) is 0 Å². The molecule has 6 nitrogen and oxygen atoms in total. The summed E-state index contributed by atoms with van der Waals surface area (Å²) in [5.74, 6) is -0.292. The molecule has 0 saturated heterocycles. The van der Waals surface area contributed by atoms with Gasteiger partial charge in [-0.1, -0.05) is 48.2 Å². The molecule has 1 N–H and O–H groups in total. The van der Waals surface area contributed by atoms with Crippen LogP contribution < -0.4 is 10.9 Å². The van der Waals surface area contributed by atoms with Gasteiger partial charge in [-0.05, 0) is 37.3 Å². The smallest absolute Gasteiger partial charge is 0.263 e. The molecule has 0 bridgehead atoms. The summed E-state index contributed by atoms with van der Waals surface area (Å²) < 4.78 is 1.61. The normalized spacial score (nSPS) is 12.1. The maximum absolute atomic E-state index is 13.2. The van der Waals surface area contributed by atoms with Crippen LogP contribution in [0.2, 0.25) is 0 Å². The van der Waals surface area contributed by atoms with Crippen LogP contribution in [0.1, 0.15) is 19.4 Å². The molecule has 1 unspecified atom stereocenters. The summed E-state index contributed by atoms with van der Waals surface area (Å²) in [6, 6.07) is 13.0. The highest BCUT2D eigenvalue weighted by atomic mass is 32.2. The number of benzene rings is 1. The molecule has 1 aromatic carbocycles. The number of fused-ring (bicyclic) bond motifs is 1. The average molecular weight is 498 g/mol. The van der Waals surface area contributed by atoms with Crippen molar-refractivity contribution in [3.05, 3.63) is 69.1 Å². The quantitative estimate of drug-likeness (QED) is 0.270. The largest absolute Gasteiger partial charge is 0.345 e. The Bertz CT molecular complexity index is 1330. The van der Waals surface area contributed by atoms with E-state index < -0.39 is 6.04 Å². The van der Waals surface area contributed by atoms with Crippen LogP contribution in [0.5, 0.6) is 0 Å². The van der Waals surface area contributed by atoms with Gasteiger partial charge in [0.25, 0.3) is 5.56 Å². The topological polar surface area (TPSA) is 81.1 Å². The van der Waals surface area contributed by atoms with Crippen LogP contribution in [0.15, 0.2) is 63.2 Å². The maximum atomic E-state index is 13.2. The van der Waals surface area contributed by atoms with E-state index in [1.807, 2.05) is 60.1 Å². The minimum atomic E-state index is -0.588. The lowest BCUT2D eigenvalue weighted by molar-refractivity contribution is -0.125. The highest BCUT2D eigenvalue weighted by Crippen LogP contribution is 2.34. The van der Waals surface area contributed by atoms with E-state index in [1.165, 1.54) is 30.0 Å². The zero-order chi connectivity index (χ0) is 23.4. The van der Waals surface area contributed by atoms with Crippen LogP contribution in [0.25, 0.3) is 20.7 Å². The first-order valence-electron chi connectivity index (χ1n) is 10.5. The number of aromatic nitrogens is 2. The first-order chi connectivity index (χ1) is 16.0. The molecule has 1 amide bonds. The molecule has 0 saturated carbocycles. The zero-order valence-corrected chi connectivity index (χ0v) is 20.7. The molecule has 0 aliphatic carbocycles. The van der Waals surface area contributed by atoms with E-state index in [9.17, 15) is 14.4 Å². The number of nitrogens with zero attached hydrogens (tertiary/aromatic N) is 2. The summed E-state index contributed by atoms with van der Waals surface area (Å²) in [5.41, 5.74) is 1.79. The summed E-state index contributed by atoms with van der Waals surface area (Å²) in [7, 11) is 0. The van der Waals surface area contributed by atoms with Crippen molar-refractivity contribution in [1.29, 1.82) is 0 Å². The Kier molecular flexibility index (Phi) is 7.42. The SMILES string of the molecule is CCn1c(SCC(=O)NC(Cc2ccccc2)C(C)=O)nc2scc(-c3cccs3)c2c1=O. The summed E-state index contributed by atoms with van der Waals surface area (Å²) in [6.07, 6.45) is 0.442. The van der Waals surface area contributed by atoms with E-state index in [1.54, 1.807) is 15.9 Å². The molecule has 3 aromatic heterocycles. The van der Waals surface area contributed by atoms with E-state index in [-0.39, 0.29) is 23.0 Å². The number of carbonyl (C=O) groups excluding carboxylic acids is 2. The second kappa shape index (κ2) is 10.5. The minimum absolute atomic E-state index is 0.0691. The van der Waals surface area contributed by atoms with Crippen molar-refractivity contribution in [2.45, 2.75) is 38.0 Å². The van der Waals surface area contributed by atoms with Crippen molar-refractivity contribution < 1.29 is 9.59 Å². The van der Waals surface area contributed by atoms with Crippen LogP contribution in [-0.4, -0.2) is 33.0 Å². The third kappa shape index (κ3) is 5.26. The number of Topliss-reactive ketones (excluding diaryl/α,β-unsaturated/α-hetero) is 1. The second-order valence-electron chi connectivity index (χ2n) is 7.46. The first-order valence-corrected chi connectivity index (χ1v) is 13.2. The molecule has 33 heavy (non-hydrogen) atoms. The van der Waals surface area contributed by atoms with E-state index in [0.717, 1.165) is 16.0 Å². The Labute approximate surface area is 203 Å². The summed E-state index contributed by atoms with van der Waals surface area (Å²) in [6.45, 7) is 3.82. The molecule has 4 aromatic rings. The van der Waals surface area contributed by atoms with Gasteiger partial charge in [0.15, 0.2) is 10.9 Å². The monoisotopic (exact) mass is 497 g/mol. The molecule has 170 valence electrons. The standard InChI is InChI=1S/C24H23N3O3S3/c1-3-27-23(30)21-17(19-10-7-11-31-19)13-32-22(21)26-24(27)33-14-20(29)25-18(15(2)28)12-16-8-5-4-6-9-16/h4-11,13,18H,3,12,14H2,1-2H3,(H,25,29). The fourth-order valence-corrected chi connectivity index (χ4v) is 6.20. The Morgan fingerprint density at radius 1 is 1.15 bits per heavy atom. The molecule has 0 fully saturated rings. The Balaban J connectivity index is 1.51. The van der Waals surface area contributed by atoms with Crippen molar-refractivity contribution in [3.63, 3.8) is 0 Å². The lowest BCUT2D eigenvalue weighted by atomic mass is 10.0. The Morgan fingerprint density at radius 2 is 1.94 bits per heavy atom. The number of carbonyl (C=O) groups is 2. The minimum Gasteiger partial charge on any atom is -0.345 e. The van der Waals surface area contributed by atoms with E-state index in [2.05, 4.69) is 5.32 Å². The van der Waals surface area contributed by atoms with Gasteiger partial charge in [-0.2, -0.15) is 0 Å². The van der Waals surface area contributed by atoms with Gasteiger partial charge < -0.3 is 5.32 Å². The van der Waals surface area contributed by atoms with Gasteiger partial charge in [-0.25, -0.2) is 4.98 Å². The van der Waals surface area contributed by atoms with Crippen molar-refractivity contribution in [3.8, 4) is 10.4 Å². The Morgan fingerprint density at radius 3 is 2.61 bits per heavy atom. The first kappa shape index (κ1) is 23.4. The number of thiophene rings is 2. The zero-order valence-electron chi connectivity index (χ0n) is 18.2. The van der Waals surface area contributed by atoms with E-state index in [4.69, 9.17) is 4.98 Å². The van der Waals surface area contributed by atoms with Gasteiger partial charge in [0.2, 0.25) is 5.91 Å². The number of thioether (sulfide) groups is 1. The number of nitrogens with one attached hydrogen (secondary N) is 1. The van der Waals surface area contributed by atoms with E-state index in [0.29, 0.717) is 28.3 Å². The van der Waals surface area contributed by atoms with Gasteiger partial charge in [0, 0.05) is 22.4 Å². The lowest BCUT2D eigenvalue weighted by Crippen LogP contribution is -2.42. The Hall–Kier alpha value is -2.75. The van der Waals surface area contributed by atoms with Gasteiger partial charge in [-0.15, -0.1) is 22.7 Å². The average Bonchev–Trinajstić information content (AvgIpc) is 3.48. The molecule has 1 atom stereocenters. The third-order valence-corrected chi connectivity index (χ3v) is 7.95. The number of ketones is 1. The van der Waals surface area contributed by atoms with Crippen molar-refractivity contribution >= 4 is 56.3 Å². The number of hydrogen-bond donors (Lipinski definition) is 1. The van der Waals surface area contributed by atoms with Gasteiger partial charge >= 0.3 is 0 Å². The fourth-order valence-electron chi connectivity index (χ4n) is 3.52. The van der Waals surface area contributed by atoms with Crippen LogP contribution >= 0.6 is 34.4 Å². The summed E-state index contributed by atoms with van der Waals surface area (Å²) in [4.78, 5) is 44.4. The molecule has 0 radical (unpaired) electrons. The number of amides is 1. The van der Waals surface area contributed by atoms with Crippen molar-refractivity contribution in [2.75, 3.05) is 5.75 Å². The lowest BCUT2D eigenvalue weighted by Gasteiger charge is -2.16. The van der Waals surface area contributed by atoms with Crippen LogP contribution in [-0.2, 0) is 22.6 Å². The summed E-state index contributed by atoms with van der Waals surface area (Å²) >= 11 is 4.24. The molecular formula is C24H23N3O3S3.